The highest BCUT2D eigenvalue weighted by Crippen LogP contribution is 2.28. The lowest BCUT2D eigenvalue weighted by Crippen LogP contribution is -2.33. The van der Waals surface area contributed by atoms with Crippen LogP contribution in [-0.4, -0.2) is 35.2 Å². The smallest absolute Gasteiger partial charge is 0.407 e. The van der Waals surface area contributed by atoms with Crippen molar-refractivity contribution in [1.82, 2.24) is 15.6 Å². The largest absolute Gasteiger partial charge is 0.444 e. The molecule has 1 atom stereocenters. The van der Waals surface area contributed by atoms with Crippen molar-refractivity contribution in [2.45, 2.75) is 65.3 Å². The summed E-state index contributed by atoms with van der Waals surface area (Å²) in [5.74, 6) is 0.728. The Balaban J connectivity index is 1.83. The molecule has 0 aliphatic carbocycles. The Kier molecular flexibility index (Phi) is 4.58. The van der Waals surface area contributed by atoms with Crippen molar-refractivity contribution in [2.75, 3.05) is 11.4 Å². The summed E-state index contributed by atoms with van der Waals surface area (Å²) in [5, 5.41) is 5.59. The maximum Gasteiger partial charge on any atom is 0.407 e. The van der Waals surface area contributed by atoms with Gasteiger partial charge < -0.3 is 20.3 Å². The Labute approximate surface area is 148 Å². The highest BCUT2D eigenvalue weighted by Gasteiger charge is 2.28. The number of carbonyl (C=O) groups is 2. The molecular weight excluding hydrogens is 320 g/mol. The maximum absolute atomic E-state index is 12.1. The lowest BCUT2D eigenvalue weighted by atomic mass is 10.1. The highest BCUT2D eigenvalue weighted by molar-refractivity contribution is 5.99. The van der Waals surface area contributed by atoms with Gasteiger partial charge in [0.05, 0.1) is 12.2 Å². The number of amides is 2. The van der Waals surface area contributed by atoms with Crippen molar-refractivity contribution >= 4 is 17.8 Å². The molecule has 2 aliphatic heterocycles. The first-order chi connectivity index (χ1) is 11.7. The van der Waals surface area contributed by atoms with E-state index in [-0.39, 0.29) is 12.5 Å². The number of nitrogens with one attached hydrogen (secondary N) is 2. The minimum absolute atomic E-state index is 0.0796. The highest BCUT2D eigenvalue weighted by atomic mass is 16.6. The van der Waals surface area contributed by atoms with Crippen LogP contribution in [0.15, 0.2) is 6.07 Å². The molecule has 2 N–H and O–H groups in total. The second-order valence-electron chi connectivity index (χ2n) is 7.68. The zero-order chi connectivity index (χ0) is 18.2. The van der Waals surface area contributed by atoms with Crippen LogP contribution >= 0.6 is 0 Å². The second-order valence-corrected chi connectivity index (χ2v) is 7.68. The quantitative estimate of drug-likeness (QED) is 0.878. The van der Waals surface area contributed by atoms with Crippen LogP contribution in [-0.2, 0) is 17.8 Å². The average Bonchev–Trinajstić information content (AvgIpc) is 3.09. The predicted octanol–water partition coefficient (Wildman–Crippen LogP) is 2.34. The summed E-state index contributed by atoms with van der Waals surface area (Å²) in [6, 6.07) is 2.28. The maximum atomic E-state index is 12.1. The van der Waals surface area contributed by atoms with Gasteiger partial charge in [0.15, 0.2) is 0 Å². The number of hydrogen-bond acceptors (Lipinski definition) is 5. The molecule has 0 radical (unpaired) electrons. The van der Waals surface area contributed by atoms with Crippen LogP contribution in [0.3, 0.4) is 0 Å². The van der Waals surface area contributed by atoms with E-state index in [0.29, 0.717) is 18.2 Å². The van der Waals surface area contributed by atoms with Gasteiger partial charge in [0.25, 0.3) is 5.91 Å². The lowest BCUT2D eigenvalue weighted by molar-refractivity contribution is 0.0522. The number of aromatic nitrogens is 1. The fourth-order valence-electron chi connectivity index (χ4n) is 3.31. The van der Waals surface area contributed by atoms with Gasteiger partial charge in [0.2, 0.25) is 0 Å². The van der Waals surface area contributed by atoms with E-state index in [0.717, 1.165) is 36.5 Å². The molecule has 1 aromatic heterocycles. The molecule has 136 valence electrons. The van der Waals surface area contributed by atoms with Gasteiger partial charge in [-0.1, -0.05) is 0 Å². The van der Waals surface area contributed by atoms with E-state index in [4.69, 9.17) is 9.72 Å². The van der Waals surface area contributed by atoms with E-state index < -0.39 is 11.7 Å². The summed E-state index contributed by atoms with van der Waals surface area (Å²) in [6.45, 7) is 9.25. The van der Waals surface area contributed by atoms with Crippen LogP contribution in [0.2, 0.25) is 0 Å². The molecule has 1 saturated heterocycles. The number of ether oxygens (including phenoxy) is 1. The molecule has 0 aromatic carbocycles. The number of nitrogens with zero attached hydrogens (tertiary/aromatic N) is 2. The fraction of sp³-hybridized carbons (Fsp3) is 0.611. The Morgan fingerprint density at radius 2 is 2.24 bits per heavy atom. The third-order valence-electron chi connectivity index (χ3n) is 4.51. The van der Waals surface area contributed by atoms with Gasteiger partial charge >= 0.3 is 6.09 Å². The van der Waals surface area contributed by atoms with Crippen molar-refractivity contribution in [2.24, 2.45) is 0 Å². The van der Waals surface area contributed by atoms with E-state index in [1.807, 2.05) is 26.8 Å². The van der Waals surface area contributed by atoms with Gasteiger partial charge in [-0.05, 0) is 46.6 Å². The fourth-order valence-corrected chi connectivity index (χ4v) is 3.31. The normalized spacial score (nSPS) is 19.6. The SMILES string of the molecule is CC1CCCN1c1cc2c(c(CNC(=O)OC(C)(C)C)n1)CNC2=O. The Hall–Kier alpha value is -2.31. The van der Waals surface area contributed by atoms with Gasteiger partial charge in [-0.2, -0.15) is 0 Å². The summed E-state index contributed by atoms with van der Waals surface area (Å²) >= 11 is 0. The summed E-state index contributed by atoms with van der Waals surface area (Å²) in [7, 11) is 0. The van der Waals surface area contributed by atoms with Gasteiger partial charge in [0, 0.05) is 30.3 Å². The van der Waals surface area contributed by atoms with Crippen molar-refractivity contribution in [3.63, 3.8) is 0 Å². The molecular formula is C18H26N4O3. The van der Waals surface area contributed by atoms with Crippen LogP contribution < -0.4 is 15.5 Å². The number of rotatable bonds is 3. The number of hydrogen-bond donors (Lipinski definition) is 2. The third-order valence-corrected chi connectivity index (χ3v) is 4.51. The zero-order valence-electron chi connectivity index (χ0n) is 15.3. The first-order valence-corrected chi connectivity index (χ1v) is 8.79. The predicted molar refractivity (Wildman–Crippen MR) is 94.5 cm³/mol. The van der Waals surface area contributed by atoms with Crippen molar-refractivity contribution in [3.8, 4) is 0 Å². The van der Waals surface area contributed by atoms with Crippen LogP contribution in [0.25, 0.3) is 0 Å². The van der Waals surface area contributed by atoms with E-state index in [2.05, 4.69) is 22.5 Å². The zero-order valence-corrected chi connectivity index (χ0v) is 15.3. The van der Waals surface area contributed by atoms with Crippen LogP contribution in [0, 0.1) is 0 Å². The standard InChI is InChI=1S/C18H26N4O3/c1-11-6-5-7-22(11)15-8-12-13(9-19-16(12)23)14(21-15)10-20-17(24)25-18(2,3)4/h8,11H,5-7,9-10H2,1-4H3,(H,19,23)(H,20,24). The van der Waals surface area contributed by atoms with E-state index in [1.165, 1.54) is 0 Å². The van der Waals surface area contributed by atoms with E-state index in [1.54, 1.807) is 0 Å². The molecule has 0 saturated carbocycles. The van der Waals surface area contributed by atoms with E-state index >= 15 is 0 Å². The van der Waals surface area contributed by atoms with Gasteiger partial charge in [0.1, 0.15) is 11.4 Å². The molecule has 7 heteroatoms. The third kappa shape index (κ3) is 3.86. The molecule has 3 heterocycles. The summed E-state index contributed by atoms with van der Waals surface area (Å²) in [6.07, 6.45) is 1.76. The number of carbonyl (C=O) groups excluding carboxylic acids is 2. The number of pyridine rings is 1. The monoisotopic (exact) mass is 346 g/mol. The van der Waals surface area contributed by atoms with Gasteiger partial charge in [-0.25, -0.2) is 9.78 Å². The molecule has 25 heavy (non-hydrogen) atoms. The lowest BCUT2D eigenvalue weighted by Gasteiger charge is -2.24. The van der Waals surface area contributed by atoms with Crippen molar-refractivity contribution < 1.29 is 14.3 Å². The molecule has 2 amide bonds. The van der Waals surface area contributed by atoms with Gasteiger partial charge in [-0.3, -0.25) is 4.79 Å². The number of fused-ring (bicyclic) bond motifs is 1. The van der Waals surface area contributed by atoms with Crippen LogP contribution in [0.1, 0.15) is 62.2 Å². The Morgan fingerprint density at radius 1 is 1.48 bits per heavy atom. The molecule has 1 unspecified atom stereocenters. The topological polar surface area (TPSA) is 83.6 Å². The van der Waals surface area contributed by atoms with Crippen molar-refractivity contribution in [1.29, 1.82) is 0 Å². The molecule has 7 nitrogen and oxygen atoms in total. The molecule has 1 aromatic rings. The summed E-state index contributed by atoms with van der Waals surface area (Å²) in [4.78, 5) is 31.0. The Bertz CT molecular complexity index is 696. The molecule has 0 spiro atoms. The molecule has 1 fully saturated rings. The van der Waals surface area contributed by atoms with E-state index in [9.17, 15) is 9.59 Å². The second kappa shape index (κ2) is 6.54. The molecule has 3 rings (SSSR count). The molecule has 2 aliphatic rings. The van der Waals surface area contributed by atoms with Gasteiger partial charge in [-0.15, -0.1) is 0 Å². The number of anilines is 1. The summed E-state index contributed by atoms with van der Waals surface area (Å²) in [5.41, 5.74) is 1.68. The minimum atomic E-state index is -0.552. The Morgan fingerprint density at radius 3 is 2.88 bits per heavy atom. The molecule has 0 bridgehead atoms. The van der Waals surface area contributed by atoms with Crippen LogP contribution in [0.4, 0.5) is 10.6 Å². The van der Waals surface area contributed by atoms with Crippen LogP contribution in [0.5, 0.6) is 0 Å². The average molecular weight is 346 g/mol. The number of alkyl carbamates (subject to hydrolysis) is 1. The first kappa shape index (κ1) is 17.5. The summed E-state index contributed by atoms with van der Waals surface area (Å²) < 4.78 is 5.28. The minimum Gasteiger partial charge on any atom is -0.444 e. The van der Waals surface area contributed by atoms with Crippen molar-refractivity contribution in [3.05, 3.63) is 22.9 Å². The first-order valence-electron chi connectivity index (χ1n) is 8.79.